The van der Waals surface area contributed by atoms with E-state index in [4.69, 9.17) is 20.0 Å². The molecule has 19 heavy (non-hydrogen) atoms. The molecule has 0 radical (unpaired) electrons. The molecule has 0 spiro atoms. The van der Waals surface area contributed by atoms with Crippen molar-refractivity contribution in [3.63, 3.8) is 0 Å². The summed E-state index contributed by atoms with van der Waals surface area (Å²) < 4.78 is 22.9. The van der Waals surface area contributed by atoms with Crippen molar-refractivity contribution in [3.8, 4) is 5.75 Å². The van der Waals surface area contributed by atoms with Gasteiger partial charge in [0.2, 0.25) is 0 Å². The summed E-state index contributed by atoms with van der Waals surface area (Å²) in [6.45, 7) is 1.40. The molecule has 2 N–H and O–H groups in total. The number of methoxy groups -OCH3 is 1. The molecule has 1 aromatic carbocycles. The summed E-state index contributed by atoms with van der Waals surface area (Å²) in [5, 5.41) is 3.73. The van der Waals surface area contributed by atoms with Crippen LogP contribution in [0.15, 0.2) is 29.4 Å². The maximum absolute atomic E-state index is 12.6. The Morgan fingerprint density at radius 2 is 1.95 bits per heavy atom. The summed E-state index contributed by atoms with van der Waals surface area (Å²) >= 11 is 0. The van der Waals surface area contributed by atoms with E-state index in [1.165, 1.54) is 12.1 Å². The highest BCUT2D eigenvalue weighted by atomic mass is 19.1. The lowest BCUT2D eigenvalue weighted by atomic mass is 10.3. The Kier molecular flexibility index (Phi) is 7.34. The molecule has 0 bridgehead atoms. The molecule has 0 aliphatic carbocycles. The van der Waals surface area contributed by atoms with Gasteiger partial charge in [-0.3, -0.25) is 0 Å². The second-order valence-corrected chi connectivity index (χ2v) is 3.81. The smallest absolute Gasteiger partial charge is 0.141 e. The number of amidine groups is 1. The van der Waals surface area contributed by atoms with Crippen LogP contribution in [0.25, 0.3) is 0 Å². The van der Waals surface area contributed by atoms with Crippen LogP contribution < -0.4 is 10.5 Å². The molecule has 0 heterocycles. The molecule has 0 saturated heterocycles. The van der Waals surface area contributed by atoms with E-state index in [2.05, 4.69) is 5.16 Å². The monoisotopic (exact) mass is 270 g/mol. The lowest BCUT2D eigenvalue weighted by molar-refractivity contribution is 0.125. The van der Waals surface area contributed by atoms with Gasteiger partial charge >= 0.3 is 0 Å². The molecule has 0 aliphatic heterocycles. The van der Waals surface area contributed by atoms with Gasteiger partial charge in [-0.25, -0.2) is 4.39 Å². The highest BCUT2D eigenvalue weighted by Crippen LogP contribution is 2.11. The van der Waals surface area contributed by atoms with E-state index in [0.29, 0.717) is 44.2 Å². The van der Waals surface area contributed by atoms with Crippen molar-refractivity contribution in [1.29, 1.82) is 0 Å². The predicted molar refractivity (Wildman–Crippen MR) is 70.6 cm³/mol. The molecular weight excluding hydrogens is 251 g/mol. The molecule has 1 rings (SSSR count). The van der Waals surface area contributed by atoms with Gasteiger partial charge in [0.25, 0.3) is 0 Å². The van der Waals surface area contributed by atoms with Gasteiger partial charge in [-0.1, -0.05) is 5.16 Å². The third-order valence-electron chi connectivity index (χ3n) is 2.21. The summed E-state index contributed by atoms with van der Waals surface area (Å²) in [4.78, 5) is 5.02. The number of ether oxygens (including phenoxy) is 2. The third kappa shape index (κ3) is 7.25. The first-order valence-corrected chi connectivity index (χ1v) is 6.04. The standard InChI is InChI=1S/C13H19FN2O3/c1-17-10-7-13(15)16-19-9-2-8-18-12-5-3-11(14)4-6-12/h3-6H,2,7-10H2,1H3,(H2,15,16). The average molecular weight is 270 g/mol. The van der Waals surface area contributed by atoms with Crippen molar-refractivity contribution in [1.82, 2.24) is 0 Å². The number of hydrogen-bond donors (Lipinski definition) is 1. The van der Waals surface area contributed by atoms with Gasteiger partial charge in [0.05, 0.1) is 13.2 Å². The molecule has 6 heteroatoms. The van der Waals surface area contributed by atoms with E-state index >= 15 is 0 Å². The lowest BCUT2D eigenvalue weighted by Gasteiger charge is -2.05. The van der Waals surface area contributed by atoms with Crippen molar-refractivity contribution < 1.29 is 18.7 Å². The fourth-order valence-electron chi connectivity index (χ4n) is 1.23. The minimum atomic E-state index is -0.281. The van der Waals surface area contributed by atoms with E-state index in [1.807, 2.05) is 0 Å². The molecule has 0 saturated carbocycles. The number of rotatable bonds is 9. The predicted octanol–water partition coefficient (Wildman–Crippen LogP) is 1.92. The molecule has 1 aromatic rings. The maximum Gasteiger partial charge on any atom is 0.141 e. The van der Waals surface area contributed by atoms with Crippen LogP contribution in [0.3, 0.4) is 0 Å². The highest BCUT2D eigenvalue weighted by molar-refractivity contribution is 5.79. The Hall–Kier alpha value is -1.82. The van der Waals surface area contributed by atoms with E-state index in [0.717, 1.165) is 0 Å². The second kappa shape index (κ2) is 9.16. The molecule has 0 aliphatic rings. The quantitative estimate of drug-likeness (QED) is 0.322. The highest BCUT2D eigenvalue weighted by Gasteiger charge is 1.96. The number of oxime groups is 1. The van der Waals surface area contributed by atoms with Crippen molar-refractivity contribution in [3.05, 3.63) is 30.1 Å². The Labute approximate surface area is 112 Å². The molecule has 0 amide bonds. The minimum absolute atomic E-state index is 0.281. The molecule has 106 valence electrons. The maximum atomic E-state index is 12.6. The number of benzene rings is 1. The molecule has 0 aromatic heterocycles. The van der Waals surface area contributed by atoms with Crippen LogP contribution in [-0.4, -0.2) is 32.8 Å². The van der Waals surface area contributed by atoms with Crippen molar-refractivity contribution in [2.24, 2.45) is 10.9 Å². The molecule has 0 fully saturated rings. The summed E-state index contributed by atoms with van der Waals surface area (Å²) in [5.41, 5.74) is 5.56. The first-order valence-electron chi connectivity index (χ1n) is 6.04. The first kappa shape index (κ1) is 15.2. The number of nitrogens with zero attached hydrogens (tertiary/aromatic N) is 1. The van der Waals surface area contributed by atoms with Crippen LogP contribution >= 0.6 is 0 Å². The Balaban J connectivity index is 2.06. The molecule has 0 unspecified atom stereocenters. The summed E-state index contributed by atoms with van der Waals surface area (Å²) in [6, 6.07) is 5.87. The molecule has 0 atom stereocenters. The fourth-order valence-corrected chi connectivity index (χ4v) is 1.23. The van der Waals surface area contributed by atoms with Crippen LogP contribution in [0.1, 0.15) is 12.8 Å². The van der Waals surface area contributed by atoms with Crippen LogP contribution in [0.2, 0.25) is 0 Å². The lowest BCUT2D eigenvalue weighted by Crippen LogP contribution is -2.15. The van der Waals surface area contributed by atoms with Gasteiger partial charge in [0.15, 0.2) is 0 Å². The zero-order valence-electron chi connectivity index (χ0n) is 11.0. The van der Waals surface area contributed by atoms with Crippen molar-refractivity contribution in [2.45, 2.75) is 12.8 Å². The fraction of sp³-hybridized carbons (Fsp3) is 0.462. The number of hydrogen-bond acceptors (Lipinski definition) is 4. The van der Waals surface area contributed by atoms with E-state index in [1.54, 1.807) is 19.2 Å². The van der Waals surface area contributed by atoms with Gasteiger partial charge in [-0.15, -0.1) is 0 Å². The minimum Gasteiger partial charge on any atom is -0.493 e. The van der Waals surface area contributed by atoms with Gasteiger partial charge in [-0.05, 0) is 24.3 Å². The SMILES string of the molecule is COCCC(N)=NOCCCOc1ccc(F)cc1. The molecular formula is C13H19FN2O3. The van der Waals surface area contributed by atoms with E-state index in [-0.39, 0.29) is 5.82 Å². The first-order chi connectivity index (χ1) is 9.22. The van der Waals surface area contributed by atoms with Gasteiger partial charge in [0, 0.05) is 20.0 Å². The average Bonchev–Trinajstić information content (AvgIpc) is 2.42. The van der Waals surface area contributed by atoms with E-state index in [9.17, 15) is 4.39 Å². The summed E-state index contributed by atoms with van der Waals surface area (Å²) in [7, 11) is 1.60. The Morgan fingerprint density at radius 1 is 1.21 bits per heavy atom. The van der Waals surface area contributed by atoms with Gasteiger partial charge in [-0.2, -0.15) is 0 Å². The van der Waals surface area contributed by atoms with Crippen molar-refractivity contribution >= 4 is 5.84 Å². The number of nitrogens with two attached hydrogens (primary N) is 1. The van der Waals surface area contributed by atoms with E-state index < -0.39 is 0 Å². The molecule has 5 nitrogen and oxygen atoms in total. The summed E-state index contributed by atoms with van der Waals surface area (Å²) in [6.07, 6.45) is 1.21. The largest absolute Gasteiger partial charge is 0.493 e. The van der Waals surface area contributed by atoms with Crippen LogP contribution in [0.4, 0.5) is 4.39 Å². The Bertz CT molecular complexity index is 382. The van der Waals surface area contributed by atoms with Crippen LogP contribution in [0, 0.1) is 5.82 Å². The second-order valence-electron chi connectivity index (χ2n) is 3.81. The third-order valence-corrected chi connectivity index (χ3v) is 2.21. The zero-order valence-corrected chi connectivity index (χ0v) is 11.0. The number of halogens is 1. The van der Waals surface area contributed by atoms with Gasteiger partial charge < -0.3 is 20.0 Å². The normalized spacial score (nSPS) is 11.4. The van der Waals surface area contributed by atoms with Crippen molar-refractivity contribution in [2.75, 3.05) is 26.9 Å². The van der Waals surface area contributed by atoms with Crippen LogP contribution in [-0.2, 0) is 9.57 Å². The Morgan fingerprint density at radius 3 is 2.63 bits per heavy atom. The van der Waals surface area contributed by atoms with Gasteiger partial charge in [0.1, 0.15) is 24.0 Å². The summed E-state index contributed by atoms with van der Waals surface area (Å²) in [5.74, 6) is 0.752. The topological polar surface area (TPSA) is 66.1 Å². The zero-order chi connectivity index (χ0) is 13.9. The van der Waals surface area contributed by atoms with Crippen LogP contribution in [0.5, 0.6) is 5.75 Å².